The smallest absolute Gasteiger partial charge is 0.139 e. The van der Waals surface area contributed by atoms with Gasteiger partial charge < -0.3 is 5.73 Å². The predicted molar refractivity (Wildman–Crippen MR) is 66.5 cm³/mol. The lowest BCUT2D eigenvalue weighted by Crippen LogP contribution is -1.97. The van der Waals surface area contributed by atoms with E-state index in [9.17, 15) is 0 Å². The van der Waals surface area contributed by atoms with E-state index in [2.05, 4.69) is 10.1 Å². The van der Waals surface area contributed by atoms with Crippen LogP contribution in [-0.4, -0.2) is 19.2 Å². The largest absolute Gasteiger partial charge is 0.383 e. The highest BCUT2D eigenvalue weighted by Crippen LogP contribution is 2.26. The molecule has 0 saturated heterocycles. The van der Waals surface area contributed by atoms with E-state index in [4.69, 9.17) is 5.73 Å². The first-order chi connectivity index (χ1) is 8.16. The third kappa shape index (κ3) is 1.39. The highest BCUT2D eigenvalue weighted by molar-refractivity contribution is 5.74. The van der Waals surface area contributed by atoms with Crippen molar-refractivity contribution in [2.75, 3.05) is 5.73 Å². The van der Waals surface area contributed by atoms with E-state index in [1.165, 1.54) is 0 Å². The van der Waals surface area contributed by atoms with Crippen molar-refractivity contribution >= 4 is 11.5 Å². The molecule has 0 aromatic carbocycles. The number of rotatable bonds is 1. The van der Waals surface area contributed by atoms with E-state index in [-0.39, 0.29) is 0 Å². The summed E-state index contributed by atoms with van der Waals surface area (Å²) in [5.41, 5.74) is 9.80. The Kier molecular flexibility index (Phi) is 1.95. The summed E-state index contributed by atoms with van der Waals surface area (Å²) in [6.07, 6.45) is 3.68. The molecule has 5 heteroatoms. The van der Waals surface area contributed by atoms with Crippen LogP contribution in [0.3, 0.4) is 0 Å². The van der Waals surface area contributed by atoms with E-state index in [1.54, 1.807) is 10.9 Å². The number of aromatic nitrogens is 4. The molecule has 86 valence electrons. The Morgan fingerprint density at radius 3 is 2.76 bits per heavy atom. The Hall–Kier alpha value is -2.30. The lowest BCUT2D eigenvalue weighted by atomic mass is 10.2. The molecule has 0 saturated carbocycles. The molecular formula is C12H13N5. The quantitative estimate of drug-likeness (QED) is 0.687. The number of anilines is 1. The zero-order chi connectivity index (χ0) is 12.0. The average molecular weight is 227 g/mol. The minimum atomic E-state index is 0.658. The number of hydrogen-bond acceptors (Lipinski definition) is 3. The van der Waals surface area contributed by atoms with Gasteiger partial charge in [-0.15, -0.1) is 0 Å². The van der Waals surface area contributed by atoms with Crippen LogP contribution >= 0.6 is 0 Å². The molecular weight excluding hydrogens is 214 g/mol. The van der Waals surface area contributed by atoms with Gasteiger partial charge in [0.05, 0.1) is 6.20 Å². The molecule has 17 heavy (non-hydrogen) atoms. The van der Waals surface area contributed by atoms with Gasteiger partial charge in [-0.1, -0.05) is 6.07 Å². The first-order valence-corrected chi connectivity index (χ1v) is 5.39. The standard InChI is InChI=1S/C12H13N5/c1-8-4-3-5-10-15-11(12(13)17(8)10)9-6-14-16(2)7-9/h3-7H,13H2,1-2H3. The highest BCUT2D eigenvalue weighted by Gasteiger charge is 2.13. The molecule has 0 aliphatic heterocycles. The molecule has 5 nitrogen and oxygen atoms in total. The number of nitrogens with two attached hydrogens (primary N) is 1. The average Bonchev–Trinajstić information content (AvgIpc) is 2.84. The fraction of sp³-hybridized carbons (Fsp3) is 0.167. The van der Waals surface area contributed by atoms with Crippen LogP contribution < -0.4 is 5.73 Å². The summed E-state index contributed by atoms with van der Waals surface area (Å²) in [5.74, 6) is 0.658. The van der Waals surface area contributed by atoms with Crippen LogP contribution in [0.1, 0.15) is 5.69 Å². The Balaban J connectivity index is 2.32. The number of pyridine rings is 1. The molecule has 0 atom stereocenters. The van der Waals surface area contributed by atoms with E-state index >= 15 is 0 Å². The first-order valence-electron chi connectivity index (χ1n) is 5.39. The summed E-state index contributed by atoms with van der Waals surface area (Å²) in [7, 11) is 1.88. The van der Waals surface area contributed by atoms with Crippen LogP contribution in [0.25, 0.3) is 16.9 Å². The molecule has 0 bridgehead atoms. The molecule has 3 aromatic rings. The minimum Gasteiger partial charge on any atom is -0.383 e. The lowest BCUT2D eigenvalue weighted by molar-refractivity contribution is 0.768. The molecule has 3 rings (SSSR count). The Labute approximate surface area is 98.5 Å². The van der Waals surface area contributed by atoms with E-state index in [0.29, 0.717) is 5.82 Å². The van der Waals surface area contributed by atoms with Gasteiger partial charge in [-0.05, 0) is 19.1 Å². The van der Waals surface area contributed by atoms with E-state index in [1.807, 2.05) is 42.8 Å². The van der Waals surface area contributed by atoms with Crippen LogP contribution in [0.2, 0.25) is 0 Å². The molecule has 0 amide bonds. The van der Waals surface area contributed by atoms with Gasteiger partial charge in [-0.3, -0.25) is 9.08 Å². The van der Waals surface area contributed by atoms with Crippen LogP contribution in [0.5, 0.6) is 0 Å². The van der Waals surface area contributed by atoms with Gasteiger partial charge in [-0.25, -0.2) is 4.98 Å². The Bertz CT molecular complexity index is 692. The van der Waals surface area contributed by atoms with Crippen molar-refractivity contribution in [1.29, 1.82) is 0 Å². The van der Waals surface area contributed by atoms with Gasteiger partial charge in [0.25, 0.3) is 0 Å². The maximum atomic E-state index is 6.14. The number of nitrogens with zero attached hydrogens (tertiary/aromatic N) is 4. The van der Waals surface area contributed by atoms with Crippen LogP contribution in [-0.2, 0) is 7.05 Å². The second-order valence-electron chi connectivity index (χ2n) is 4.11. The monoisotopic (exact) mass is 227 g/mol. The number of fused-ring (bicyclic) bond motifs is 1. The summed E-state index contributed by atoms with van der Waals surface area (Å²) >= 11 is 0. The number of imidazole rings is 1. The molecule has 0 radical (unpaired) electrons. The third-order valence-corrected chi connectivity index (χ3v) is 2.85. The zero-order valence-corrected chi connectivity index (χ0v) is 9.75. The Morgan fingerprint density at radius 2 is 2.12 bits per heavy atom. The molecule has 0 spiro atoms. The van der Waals surface area contributed by atoms with Crippen molar-refractivity contribution in [2.45, 2.75) is 6.92 Å². The van der Waals surface area contributed by atoms with Gasteiger partial charge in [0.2, 0.25) is 0 Å². The van der Waals surface area contributed by atoms with Crippen molar-refractivity contribution < 1.29 is 0 Å². The highest BCUT2D eigenvalue weighted by atomic mass is 15.2. The van der Waals surface area contributed by atoms with Gasteiger partial charge in [0, 0.05) is 24.5 Å². The van der Waals surface area contributed by atoms with Crippen molar-refractivity contribution in [1.82, 2.24) is 19.2 Å². The molecule has 0 fully saturated rings. The maximum absolute atomic E-state index is 6.14. The number of hydrogen-bond donors (Lipinski definition) is 1. The second-order valence-corrected chi connectivity index (χ2v) is 4.11. The SMILES string of the molecule is Cc1cccc2nc(-c3cnn(C)c3)c(N)n12. The summed E-state index contributed by atoms with van der Waals surface area (Å²) in [6, 6.07) is 5.94. The summed E-state index contributed by atoms with van der Waals surface area (Å²) in [4.78, 5) is 4.54. The summed E-state index contributed by atoms with van der Waals surface area (Å²) < 4.78 is 3.69. The minimum absolute atomic E-state index is 0.658. The van der Waals surface area contributed by atoms with E-state index in [0.717, 1.165) is 22.6 Å². The molecule has 3 aromatic heterocycles. The Morgan fingerprint density at radius 1 is 1.29 bits per heavy atom. The van der Waals surface area contributed by atoms with Crippen LogP contribution in [0, 0.1) is 6.92 Å². The molecule has 0 aliphatic carbocycles. The van der Waals surface area contributed by atoms with E-state index < -0.39 is 0 Å². The van der Waals surface area contributed by atoms with Crippen molar-refractivity contribution in [2.24, 2.45) is 7.05 Å². The normalized spacial score (nSPS) is 11.2. The second kappa shape index (κ2) is 3.35. The predicted octanol–water partition coefficient (Wildman–Crippen LogP) is 1.63. The van der Waals surface area contributed by atoms with Crippen molar-refractivity contribution in [3.63, 3.8) is 0 Å². The fourth-order valence-corrected chi connectivity index (χ4v) is 2.04. The summed E-state index contributed by atoms with van der Waals surface area (Å²) in [5, 5.41) is 4.14. The molecule has 0 aliphatic rings. The number of nitrogen functional groups attached to an aromatic ring is 1. The zero-order valence-electron chi connectivity index (χ0n) is 9.75. The molecule has 0 unspecified atom stereocenters. The van der Waals surface area contributed by atoms with Gasteiger partial charge in [0.15, 0.2) is 0 Å². The molecule has 3 heterocycles. The van der Waals surface area contributed by atoms with Crippen LogP contribution in [0.15, 0.2) is 30.6 Å². The van der Waals surface area contributed by atoms with Gasteiger partial charge >= 0.3 is 0 Å². The number of aryl methyl sites for hydroxylation is 2. The van der Waals surface area contributed by atoms with Crippen LogP contribution in [0.4, 0.5) is 5.82 Å². The first kappa shape index (κ1) is 9.89. The lowest BCUT2D eigenvalue weighted by Gasteiger charge is -2.00. The van der Waals surface area contributed by atoms with Gasteiger partial charge in [-0.2, -0.15) is 5.10 Å². The van der Waals surface area contributed by atoms with Crippen molar-refractivity contribution in [3.8, 4) is 11.3 Å². The maximum Gasteiger partial charge on any atom is 0.139 e. The molecule has 2 N–H and O–H groups in total. The van der Waals surface area contributed by atoms with Crippen molar-refractivity contribution in [3.05, 3.63) is 36.3 Å². The summed E-state index contributed by atoms with van der Waals surface area (Å²) in [6.45, 7) is 2.01. The topological polar surface area (TPSA) is 61.1 Å². The third-order valence-electron chi connectivity index (χ3n) is 2.85. The van der Waals surface area contributed by atoms with Gasteiger partial charge in [0.1, 0.15) is 17.2 Å². The fourth-order valence-electron chi connectivity index (χ4n) is 2.04.